The minimum atomic E-state index is -1.18. The number of halogens is 1. The van der Waals surface area contributed by atoms with Gasteiger partial charge in [-0.2, -0.15) is 0 Å². The number of carbonyl (C=O) groups excluding carboxylic acids is 1. The zero-order chi connectivity index (χ0) is 13.7. The van der Waals surface area contributed by atoms with Gasteiger partial charge < -0.3 is 15.5 Å². The van der Waals surface area contributed by atoms with Crippen molar-refractivity contribution in [1.29, 1.82) is 0 Å². The third-order valence-corrected chi connectivity index (χ3v) is 2.54. The average Bonchev–Trinajstić information content (AvgIpc) is 2.26. The molecule has 0 bridgehead atoms. The van der Waals surface area contributed by atoms with E-state index < -0.39 is 17.9 Å². The van der Waals surface area contributed by atoms with Gasteiger partial charge in [0.1, 0.15) is 6.04 Å². The molecule has 0 aromatic heterocycles. The predicted molar refractivity (Wildman–Crippen MR) is 66.8 cm³/mol. The Labute approximate surface area is 109 Å². The highest BCUT2D eigenvalue weighted by Gasteiger charge is 2.20. The maximum atomic E-state index is 11.8. The monoisotopic (exact) mass is 271 g/mol. The van der Waals surface area contributed by atoms with Crippen LogP contribution in [-0.4, -0.2) is 34.7 Å². The maximum Gasteiger partial charge on any atom is 0.326 e. The number of nitrogens with one attached hydrogen (secondary N) is 1. The molecular weight excluding hydrogens is 258 g/mol. The molecule has 3 N–H and O–H groups in total. The second kappa shape index (κ2) is 6.37. The molecule has 0 fully saturated rings. The third kappa shape index (κ3) is 4.01. The van der Waals surface area contributed by atoms with E-state index in [4.69, 9.17) is 21.8 Å². The van der Waals surface area contributed by atoms with Crippen LogP contribution in [0.15, 0.2) is 18.2 Å². The van der Waals surface area contributed by atoms with Crippen molar-refractivity contribution in [3.8, 4) is 0 Å². The van der Waals surface area contributed by atoms with E-state index in [1.807, 2.05) is 0 Å². The molecule has 1 aromatic rings. The van der Waals surface area contributed by atoms with Crippen LogP contribution >= 0.6 is 11.6 Å². The van der Waals surface area contributed by atoms with Crippen LogP contribution in [0.2, 0.25) is 5.02 Å². The number of benzene rings is 1. The number of aryl methyl sites for hydroxylation is 1. The lowest BCUT2D eigenvalue weighted by Gasteiger charge is -2.13. The number of aliphatic carboxylic acids is 1. The van der Waals surface area contributed by atoms with Crippen molar-refractivity contribution in [3.05, 3.63) is 34.3 Å². The lowest BCUT2D eigenvalue weighted by Crippen LogP contribution is -2.41. The number of rotatable bonds is 5. The Bertz CT molecular complexity index is 441. The van der Waals surface area contributed by atoms with Gasteiger partial charge in [-0.05, 0) is 30.7 Å². The van der Waals surface area contributed by atoms with E-state index in [1.54, 1.807) is 19.1 Å². The first-order valence-corrected chi connectivity index (χ1v) is 5.73. The Morgan fingerprint density at radius 1 is 1.39 bits per heavy atom. The minimum Gasteiger partial charge on any atom is -0.480 e. The van der Waals surface area contributed by atoms with Gasteiger partial charge in [0.05, 0.1) is 0 Å². The number of hydrogen-bond acceptors (Lipinski definition) is 3. The molecule has 1 atom stereocenters. The molecule has 0 unspecified atom stereocenters. The number of aliphatic hydroxyl groups excluding tert-OH is 1. The quantitative estimate of drug-likeness (QED) is 0.751. The Kier molecular flexibility index (Phi) is 5.12. The molecule has 0 saturated heterocycles. The summed E-state index contributed by atoms with van der Waals surface area (Å²) in [4.78, 5) is 22.7. The molecule has 98 valence electrons. The summed E-state index contributed by atoms with van der Waals surface area (Å²) in [6, 6.07) is 3.66. The number of hydrogen-bond donors (Lipinski definition) is 3. The maximum absolute atomic E-state index is 11.8. The van der Waals surface area contributed by atoms with E-state index in [-0.39, 0.29) is 13.0 Å². The Balaban J connectivity index is 2.83. The van der Waals surface area contributed by atoms with Crippen LogP contribution < -0.4 is 5.32 Å². The molecule has 0 radical (unpaired) electrons. The number of carboxylic acid groups (broad SMARTS) is 1. The van der Waals surface area contributed by atoms with E-state index in [2.05, 4.69) is 5.32 Å². The van der Waals surface area contributed by atoms with E-state index in [0.29, 0.717) is 10.6 Å². The summed E-state index contributed by atoms with van der Waals surface area (Å²) in [5, 5.41) is 20.3. The Hall–Kier alpha value is -1.59. The van der Waals surface area contributed by atoms with Crippen LogP contribution in [0, 0.1) is 6.92 Å². The van der Waals surface area contributed by atoms with Gasteiger partial charge in [-0.25, -0.2) is 4.79 Å². The highest BCUT2D eigenvalue weighted by molar-refractivity contribution is 6.31. The Morgan fingerprint density at radius 2 is 2.06 bits per heavy atom. The molecule has 6 heteroatoms. The summed E-state index contributed by atoms with van der Waals surface area (Å²) in [6.45, 7) is 1.47. The van der Waals surface area contributed by atoms with Crippen molar-refractivity contribution >= 4 is 23.5 Å². The molecule has 1 rings (SSSR count). The van der Waals surface area contributed by atoms with E-state index in [1.165, 1.54) is 6.07 Å². The van der Waals surface area contributed by atoms with Crippen molar-refractivity contribution in [2.24, 2.45) is 0 Å². The van der Waals surface area contributed by atoms with Crippen LogP contribution in [-0.2, 0) is 4.79 Å². The predicted octanol–water partition coefficient (Wildman–Crippen LogP) is 1.21. The zero-order valence-corrected chi connectivity index (χ0v) is 10.6. The van der Waals surface area contributed by atoms with Gasteiger partial charge in [-0.1, -0.05) is 11.6 Å². The topological polar surface area (TPSA) is 86.6 Å². The Morgan fingerprint density at radius 3 is 2.56 bits per heavy atom. The molecule has 0 heterocycles. The molecule has 0 aliphatic rings. The smallest absolute Gasteiger partial charge is 0.326 e. The van der Waals surface area contributed by atoms with Gasteiger partial charge in [0, 0.05) is 23.6 Å². The van der Waals surface area contributed by atoms with Crippen molar-refractivity contribution in [2.75, 3.05) is 6.61 Å². The summed E-state index contributed by atoms with van der Waals surface area (Å²) < 4.78 is 0. The van der Waals surface area contributed by atoms with Gasteiger partial charge in [-0.15, -0.1) is 0 Å². The number of carbonyl (C=O) groups is 2. The molecule has 18 heavy (non-hydrogen) atoms. The summed E-state index contributed by atoms with van der Waals surface area (Å²) >= 11 is 5.82. The largest absolute Gasteiger partial charge is 0.480 e. The van der Waals surface area contributed by atoms with Crippen LogP contribution in [0.4, 0.5) is 0 Å². The average molecular weight is 272 g/mol. The fourth-order valence-electron chi connectivity index (χ4n) is 1.50. The molecule has 1 amide bonds. The highest BCUT2D eigenvalue weighted by Crippen LogP contribution is 2.14. The van der Waals surface area contributed by atoms with Crippen LogP contribution in [0.25, 0.3) is 0 Å². The molecule has 0 saturated carbocycles. The molecular formula is C12H14ClNO4. The molecule has 5 nitrogen and oxygen atoms in total. The second-order valence-corrected chi connectivity index (χ2v) is 4.33. The summed E-state index contributed by atoms with van der Waals surface area (Å²) in [7, 11) is 0. The molecule has 0 aliphatic carbocycles. The number of carboxylic acids is 1. The minimum absolute atomic E-state index is 0.0411. The second-order valence-electron chi connectivity index (χ2n) is 3.89. The van der Waals surface area contributed by atoms with E-state index >= 15 is 0 Å². The van der Waals surface area contributed by atoms with Gasteiger partial charge in [0.15, 0.2) is 0 Å². The summed E-state index contributed by atoms with van der Waals surface area (Å²) in [5.74, 6) is -1.71. The first kappa shape index (κ1) is 14.5. The summed E-state index contributed by atoms with van der Waals surface area (Å²) in [5.41, 5.74) is 1.10. The standard InChI is InChI=1S/C12H14ClNO4/c1-7-4-8(6-9(13)5-7)11(16)14-10(2-3-15)12(17)18/h4-6,10,15H,2-3H2,1H3,(H,14,16)(H,17,18)/t10-/m0/s1. The zero-order valence-electron chi connectivity index (χ0n) is 9.81. The first-order valence-electron chi connectivity index (χ1n) is 5.35. The molecule has 0 spiro atoms. The lowest BCUT2D eigenvalue weighted by atomic mass is 10.1. The van der Waals surface area contributed by atoms with Crippen LogP contribution in [0.1, 0.15) is 22.3 Å². The summed E-state index contributed by atoms with van der Waals surface area (Å²) in [6.07, 6.45) is -0.0411. The van der Waals surface area contributed by atoms with Crippen LogP contribution in [0.5, 0.6) is 0 Å². The first-order chi connectivity index (χ1) is 8.43. The van der Waals surface area contributed by atoms with Crippen molar-refractivity contribution in [3.63, 3.8) is 0 Å². The van der Waals surface area contributed by atoms with Crippen molar-refractivity contribution in [2.45, 2.75) is 19.4 Å². The normalized spacial score (nSPS) is 11.9. The number of aliphatic hydroxyl groups is 1. The van der Waals surface area contributed by atoms with Gasteiger partial charge in [0.25, 0.3) is 5.91 Å². The third-order valence-electron chi connectivity index (χ3n) is 2.33. The molecule has 0 aliphatic heterocycles. The fraction of sp³-hybridized carbons (Fsp3) is 0.333. The lowest BCUT2D eigenvalue weighted by molar-refractivity contribution is -0.139. The van der Waals surface area contributed by atoms with Crippen molar-refractivity contribution < 1.29 is 19.8 Å². The van der Waals surface area contributed by atoms with Crippen molar-refractivity contribution in [1.82, 2.24) is 5.32 Å². The number of amides is 1. The van der Waals surface area contributed by atoms with Gasteiger partial charge in [0.2, 0.25) is 0 Å². The molecule has 1 aromatic carbocycles. The van der Waals surface area contributed by atoms with Gasteiger partial charge in [-0.3, -0.25) is 4.79 Å². The fourth-order valence-corrected chi connectivity index (χ4v) is 1.79. The highest BCUT2D eigenvalue weighted by atomic mass is 35.5. The van der Waals surface area contributed by atoms with E-state index in [9.17, 15) is 9.59 Å². The SMILES string of the molecule is Cc1cc(Cl)cc(C(=O)N[C@@H](CCO)C(=O)O)c1. The van der Waals surface area contributed by atoms with Gasteiger partial charge >= 0.3 is 5.97 Å². The van der Waals surface area contributed by atoms with E-state index in [0.717, 1.165) is 5.56 Å². The van der Waals surface area contributed by atoms with Crippen LogP contribution in [0.3, 0.4) is 0 Å².